The summed E-state index contributed by atoms with van der Waals surface area (Å²) in [5, 5.41) is 0. The monoisotopic (exact) mass is 230 g/mol. The molecule has 0 aromatic rings. The Morgan fingerprint density at radius 2 is 1.38 bits per heavy atom. The standard InChI is InChI=1S/C15H31F/c1-4-12-15(3,5-2)13-10-8-6-7-9-11-14-16/h4-14H2,1-3H3. The predicted octanol–water partition coefficient (Wildman–Crippen LogP) is 5.90. The van der Waals surface area contributed by atoms with Crippen molar-refractivity contribution in [2.24, 2.45) is 5.41 Å². The fourth-order valence-corrected chi connectivity index (χ4v) is 2.44. The van der Waals surface area contributed by atoms with Gasteiger partial charge in [-0.05, 0) is 24.7 Å². The van der Waals surface area contributed by atoms with Crippen LogP contribution in [-0.2, 0) is 0 Å². The van der Waals surface area contributed by atoms with E-state index in [0.29, 0.717) is 5.41 Å². The Hall–Kier alpha value is -0.0700. The summed E-state index contributed by atoms with van der Waals surface area (Å²) in [4.78, 5) is 0. The number of rotatable bonds is 11. The van der Waals surface area contributed by atoms with Crippen molar-refractivity contribution in [1.82, 2.24) is 0 Å². The van der Waals surface area contributed by atoms with E-state index in [2.05, 4.69) is 20.8 Å². The first-order chi connectivity index (χ1) is 7.68. The third-order valence-corrected chi connectivity index (χ3v) is 3.87. The Bertz CT molecular complexity index is 144. The molecule has 0 aromatic carbocycles. The molecule has 0 aromatic heterocycles. The van der Waals surface area contributed by atoms with Gasteiger partial charge in [0.05, 0.1) is 6.67 Å². The number of hydrogen-bond donors (Lipinski definition) is 0. The summed E-state index contributed by atoms with van der Waals surface area (Å²) in [5.41, 5.74) is 0.577. The first-order valence-electron chi connectivity index (χ1n) is 7.24. The summed E-state index contributed by atoms with van der Waals surface area (Å²) >= 11 is 0. The Kier molecular flexibility index (Phi) is 10.1. The quantitative estimate of drug-likeness (QED) is 0.387. The fourth-order valence-electron chi connectivity index (χ4n) is 2.44. The second-order valence-corrected chi connectivity index (χ2v) is 5.47. The van der Waals surface area contributed by atoms with Gasteiger partial charge in [0.15, 0.2) is 0 Å². The highest BCUT2D eigenvalue weighted by molar-refractivity contribution is 4.71. The van der Waals surface area contributed by atoms with Crippen LogP contribution in [0.25, 0.3) is 0 Å². The lowest BCUT2D eigenvalue weighted by Gasteiger charge is -2.27. The van der Waals surface area contributed by atoms with E-state index in [0.717, 1.165) is 12.8 Å². The molecule has 16 heavy (non-hydrogen) atoms. The van der Waals surface area contributed by atoms with Gasteiger partial charge >= 0.3 is 0 Å². The average molecular weight is 230 g/mol. The molecule has 1 heteroatoms. The molecule has 0 aliphatic rings. The third kappa shape index (κ3) is 8.13. The lowest BCUT2D eigenvalue weighted by molar-refractivity contribution is 0.248. The van der Waals surface area contributed by atoms with Crippen molar-refractivity contribution in [2.75, 3.05) is 6.67 Å². The zero-order valence-corrected chi connectivity index (χ0v) is 11.7. The van der Waals surface area contributed by atoms with Crippen molar-refractivity contribution in [3.63, 3.8) is 0 Å². The number of alkyl halides is 1. The fraction of sp³-hybridized carbons (Fsp3) is 1.00. The Labute approximate surface area is 102 Å². The first kappa shape index (κ1) is 15.9. The highest BCUT2D eigenvalue weighted by Gasteiger charge is 2.19. The Morgan fingerprint density at radius 1 is 0.812 bits per heavy atom. The SMILES string of the molecule is CCCC(C)(CC)CCCCCCCCF. The molecular formula is C15H31F. The second-order valence-electron chi connectivity index (χ2n) is 5.47. The zero-order chi connectivity index (χ0) is 12.3. The van der Waals surface area contributed by atoms with E-state index in [1.807, 2.05) is 0 Å². The molecule has 0 amide bonds. The van der Waals surface area contributed by atoms with Gasteiger partial charge in [0.1, 0.15) is 0 Å². The molecular weight excluding hydrogens is 199 g/mol. The molecule has 0 nitrogen and oxygen atoms in total. The molecule has 0 spiro atoms. The van der Waals surface area contributed by atoms with E-state index in [4.69, 9.17) is 0 Å². The van der Waals surface area contributed by atoms with Crippen LogP contribution in [0.15, 0.2) is 0 Å². The average Bonchev–Trinajstić information content (AvgIpc) is 2.28. The topological polar surface area (TPSA) is 0 Å². The van der Waals surface area contributed by atoms with Crippen LogP contribution in [0.1, 0.15) is 85.0 Å². The summed E-state index contributed by atoms with van der Waals surface area (Å²) in [6, 6.07) is 0. The van der Waals surface area contributed by atoms with Gasteiger partial charge in [-0.2, -0.15) is 0 Å². The minimum atomic E-state index is -0.135. The summed E-state index contributed by atoms with van der Waals surface area (Å²) in [6.07, 6.45) is 12.4. The van der Waals surface area contributed by atoms with Crippen LogP contribution in [-0.4, -0.2) is 6.67 Å². The molecule has 1 atom stereocenters. The normalized spacial score (nSPS) is 15.0. The van der Waals surface area contributed by atoms with Gasteiger partial charge in [0.2, 0.25) is 0 Å². The Morgan fingerprint density at radius 3 is 1.88 bits per heavy atom. The summed E-state index contributed by atoms with van der Waals surface area (Å²) < 4.78 is 11.9. The molecule has 0 aliphatic carbocycles. The van der Waals surface area contributed by atoms with Crippen molar-refractivity contribution in [3.8, 4) is 0 Å². The lowest BCUT2D eigenvalue weighted by Crippen LogP contribution is -2.14. The maximum Gasteiger partial charge on any atom is 0.0894 e. The van der Waals surface area contributed by atoms with Gasteiger partial charge in [0, 0.05) is 0 Å². The number of unbranched alkanes of at least 4 members (excludes halogenated alkanes) is 5. The van der Waals surface area contributed by atoms with Crippen LogP contribution in [0.2, 0.25) is 0 Å². The van der Waals surface area contributed by atoms with Crippen LogP contribution >= 0.6 is 0 Å². The maximum absolute atomic E-state index is 11.9. The van der Waals surface area contributed by atoms with E-state index >= 15 is 0 Å². The van der Waals surface area contributed by atoms with Crippen molar-refractivity contribution in [3.05, 3.63) is 0 Å². The van der Waals surface area contributed by atoms with Crippen LogP contribution in [0.4, 0.5) is 4.39 Å². The van der Waals surface area contributed by atoms with Crippen LogP contribution in [0.5, 0.6) is 0 Å². The highest BCUT2D eigenvalue weighted by atomic mass is 19.1. The van der Waals surface area contributed by atoms with Gasteiger partial charge in [-0.25, -0.2) is 0 Å². The molecule has 0 radical (unpaired) electrons. The molecule has 0 bridgehead atoms. The van der Waals surface area contributed by atoms with Gasteiger partial charge in [-0.3, -0.25) is 4.39 Å². The molecule has 1 unspecified atom stereocenters. The molecule has 0 aliphatic heterocycles. The smallest absolute Gasteiger partial charge is 0.0894 e. The van der Waals surface area contributed by atoms with Crippen LogP contribution in [0, 0.1) is 5.41 Å². The van der Waals surface area contributed by atoms with Gasteiger partial charge < -0.3 is 0 Å². The molecule has 0 N–H and O–H groups in total. The lowest BCUT2D eigenvalue weighted by atomic mass is 9.78. The molecule has 0 rings (SSSR count). The van der Waals surface area contributed by atoms with E-state index in [1.54, 1.807) is 0 Å². The minimum Gasteiger partial charge on any atom is -0.251 e. The second kappa shape index (κ2) is 10.1. The molecule has 0 saturated carbocycles. The minimum absolute atomic E-state index is 0.135. The van der Waals surface area contributed by atoms with Gasteiger partial charge in [-0.15, -0.1) is 0 Å². The maximum atomic E-state index is 11.9. The zero-order valence-electron chi connectivity index (χ0n) is 11.7. The number of halogens is 1. The van der Waals surface area contributed by atoms with E-state index in [-0.39, 0.29) is 6.67 Å². The van der Waals surface area contributed by atoms with E-state index in [1.165, 1.54) is 51.4 Å². The summed E-state index contributed by atoms with van der Waals surface area (Å²) in [5.74, 6) is 0. The Balaban J connectivity index is 3.41. The van der Waals surface area contributed by atoms with Crippen molar-refractivity contribution < 1.29 is 4.39 Å². The molecule has 0 saturated heterocycles. The number of hydrogen-bond acceptors (Lipinski definition) is 0. The van der Waals surface area contributed by atoms with Crippen LogP contribution in [0.3, 0.4) is 0 Å². The molecule has 98 valence electrons. The first-order valence-corrected chi connectivity index (χ1v) is 7.24. The van der Waals surface area contributed by atoms with Gasteiger partial charge in [0.25, 0.3) is 0 Å². The third-order valence-electron chi connectivity index (χ3n) is 3.87. The van der Waals surface area contributed by atoms with E-state index in [9.17, 15) is 4.39 Å². The van der Waals surface area contributed by atoms with Gasteiger partial charge in [-0.1, -0.05) is 65.7 Å². The molecule has 0 heterocycles. The summed E-state index contributed by atoms with van der Waals surface area (Å²) in [7, 11) is 0. The molecule has 0 fully saturated rings. The van der Waals surface area contributed by atoms with Crippen molar-refractivity contribution in [1.29, 1.82) is 0 Å². The van der Waals surface area contributed by atoms with Crippen molar-refractivity contribution in [2.45, 2.75) is 85.0 Å². The van der Waals surface area contributed by atoms with Crippen molar-refractivity contribution >= 4 is 0 Å². The van der Waals surface area contributed by atoms with Crippen LogP contribution < -0.4 is 0 Å². The van der Waals surface area contributed by atoms with E-state index < -0.39 is 0 Å². The largest absolute Gasteiger partial charge is 0.251 e. The highest BCUT2D eigenvalue weighted by Crippen LogP contribution is 2.33. The predicted molar refractivity (Wildman–Crippen MR) is 71.6 cm³/mol. The summed E-state index contributed by atoms with van der Waals surface area (Å²) in [6.45, 7) is 6.89.